The fourth-order valence-corrected chi connectivity index (χ4v) is 4.19. The molecular formula is C27H36N4O3. The maximum atomic E-state index is 12.8. The minimum atomic E-state index is -0.605. The van der Waals surface area contributed by atoms with Crippen molar-refractivity contribution < 1.29 is 14.3 Å². The van der Waals surface area contributed by atoms with Crippen LogP contribution >= 0.6 is 0 Å². The number of hydrogen-bond acceptors (Lipinski definition) is 5. The van der Waals surface area contributed by atoms with Crippen LogP contribution in [0.5, 0.6) is 0 Å². The van der Waals surface area contributed by atoms with Gasteiger partial charge in [0.05, 0.1) is 11.4 Å². The van der Waals surface area contributed by atoms with Crippen LogP contribution in [0.1, 0.15) is 56.8 Å². The Kier molecular flexibility index (Phi) is 7.41. The molecule has 2 amide bonds. The van der Waals surface area contributed by atoms with E-state index in [0.717, 1.165) is 37.5 Å². The highest BCUT2D eigenvalue weighted by Gasteiger charge is 2.27. The van der Waals surface area contributed by atoms with Crippen molar-refractivity contribution in [1.82, 2.24) is 4.90 Å². The number of nitrogens with zero attached hydrogens (tertiary/aromatic N) is 1. The van der Waals surface area contributed by atoms with Crippen molar-refractivity contribution in [3.8, 4) is 0 Å². The molecule has 0 spiro atoms. The van der Waals surface area contributed by atoms with Gasteiger partial charge in [-0.2, -0.15) is 0 Å². The molecule has 1 saturated heterocycles. The van der Waals surface area contributed by atoms with Crippen LogP contribution in [0.2, 0.25) is 0 Å². The van der Waals surface area contributed by atoms with Gasteiger partial charge in [0.25, 0.3) is 5.91 Å². The molecule has 2 aromatic rings. The molecule has 0 bridgehead atoms. The van der Waals surface area contributed by atoms with Crippen LogP contribution in [-0.4, -0.2) is 48.2 Å². The Hall–Kier alpha value is -3.06. The Balaban J connectivity index is 1.30. The normalized spacial score (nSPS) is 17.1. The summed E-state index contributed by atoms with van der Waals surface area (Å²) in [7, 11) is 0. The van der Waals surface area contributed by atoms with Crippen molar-refractivity contribution in [3.05, 3.63) is 54.1 Å². The lowest BCUT2D eigenvalue weighted by molar-refractivity contribution is 0.0635. The van der Waals surface area contributed by atoms with E-state index in [0.29, 0.717) is 23.0 Å². The van der Waals surface area contributed by atoms with Crippen molar-refractivity contribution in [2.45, 2.75) is 58.1 Å². The second-order valence-electron chi connectivity index (χ2n) is 10.4. The van der Waals surface area contributed by atoms with Gasteiger partial charge in [-0.25, -0.2) is 4.79 Å². The highest BCUT2D eigenvalue weighted by Crippen LogP contribution is 2.31. The molecule has 1 saturated carbocycles. The first-order valence-electron chi connectivity index (χ1n) is 12.2. The number of benzene rings is 2. The number of para-hydroxylation sites is 2. The van der Waals surface area contributed by atoms with Gasteiger partial charge < -0.3 is 20.3 Å². The van der Waals surface area contributed by atoms with E-state index in [4.69, 9.17) is 4.74 Å². The lowest BCUT2D eigenvalue weighted by Crippen LogP contribution is -2.40. The predicted octanol–water partition coefficient (Wildman–Crippen LogP) is 5.57. The van der Waals surface area contributed by atoms with Gasteiger partial charge in [-0.1, -0.05) is 12.1 Å². The molecule has 7 heteroatoms. The fraction of sp³-hybridized carbons (Fsp3) is 0.481. The third-order valence-electron chi connectivity index (χ3n) is 6.13. The molecule has 4 rings (SSSR count). The van der Waals surface area contributed by atoms with Gasteiger partial charge in [0.1, 0.15) is 5.60 Å². The third-order valence-corrected chi connectivity index (χ3v) is 6.13. The lowest BCUT2D eigenvalue weighted by atomic mass is 10.0. The van der Waals surface area contributed by atoms with E-state index in [-0.39, 0.29) is 5.91 Å². The smallest absolute Gasteiger partial charge is 0.412 e. The first-order chi connectivity index (χ1) is 16.2. The van der Waals surface area contributed by atoms with E-state index in [2.05, 4.69) is 20.9 Å². The van der Waals surface area contributed by atoms with Crippen molar-refractivity contribution in [2.24, 2.45) is 5.92 Å². The summed E-state index contributed by atoms with van der Waals surface area (Å²) in [5, 5.41) is 9.21. The summed E-state index contributed by atoms with van der Waals surface area (Å²) in [4.78, 5) is 27.6. The topological polar surface area (TPSA) is 82.7 Å². The number of likely N-dealkylation sites (tertiary alicyclic amines) is 1. The van der Waals surface area contributed by atoms with Crippen LogP contribution in [0.25, 0.3) is 0 Å². The number of hydrogen-bond donors (Lipinski definition) is 3. The van der Waals surface area contributed by atoms with Crippen LogP contribution in [-0.2, 0) is 4.74 Å². The average molecular weight is 465 g/mol. The van der Waals surface area contributed by atoms with Gasteiger partial charge in [-0.15, -0.1) is 0 Å². The van der Waals surface area contributed by atoms with Crippen LogP contribution in [0.15, 0.2) is 48.5 Å². The molecule has 0 atom stereocenters. The summed E-state index contributed by atoms with van der Waals surface area (Å²) in [6, 6.07) is 15.1. The number of anilines is 3. The quantitative estimate of drug-likeness (QED) is 0.499. The molecule has 0 aromatic heterocycles. The number of amides is 2. The van der Waals surface area contributed by atoms with Crippen LogP contribution in [0, 0.1) is 5.92 Å². The lowest BCUT2D eigenvalue weighted by Gasteiger charge is -2.32. The van der Waals surface area contributed by atoms with Crippen molar-refractivity contribution in [3.63, 3.8) is 0 Å². The number of carbonyl (C=O) groups excluding carboxylic acids is 2. The van der Waals surface area contributed by atoms with E-state index < -0.39 is 11.7 Å². The van der Waals surface area contributed by atoms with E-state index in [1.54, 1.807) is 45.0 Å². The van der Waals surface area contributed by atoms with E-state index >= 15 is 0 Å². The average Bonchev–Trinajstić information content (AvgIpc) is 3.60. The monoisotopic (exact) mass is 464 g/mol. The molecule has 2 aromatic carbocycles. The van der Waals surface area contributed by atoms with Crippen molar-refractivity contribution >= 4 is 29.1 Å². The van der Waals surface area contributed by atoms with E-state index in [1.165, 1.54) is 19.4 Å². The number of carbonyl (C=O) groups is 2. The minimum absolute atomic E-state index is 0.238. The first-order valence-corrected chi connectivity index (χ1v) is 12.2. The molecule has 0 unspecified atom stereocenters. The van der Waals surface area contributed by atoms with Gasteiger partial charge in [-0.3, -0.25) is 10.1 Å². The number of nitrogens with one attached hydrogen (secondary N) is 3. The minimum Gasteiger partial charge on any atom is -0.444 e. The molecule has 7 nitrogen and oxygen atoms in total. The third kappa shape index (κ3) is 7.22. The molecule has 34 heavy (non-hydrogen) atoms. The molecule has 2 fully saturated rings. The van der Waals surface area contributed by atoms with Gasteiger partial charge in [0.15, 0.2) is 0 Å². The first kappa shape index (κ1) is 24.1. The SMILES string of the molecule is CC(C)(C)OC(=O)Nc1ccccc1NC(=O)c1ccc(NC2CCN(CC3CC3)CC2)cc1. The largest absolute Gasteiger partial charge is 0.444 e. The fourth-order valence-electron chi connectivity index (χ4n) is 4.19. The number of rotatable bonds is 7. The van der Waals surface area contributed by atoms with Crippen LogP contribution < -0.4 is 16.0 Å². The molecule has 1 aliphatic carbocycles. The van der Waals surface area contributed by atoms with Crippen LogP contribution in [0.3, 0.4) is 0 Å². The zero-order valence-corrected chi connectivity index (χ0v) is 20.4. The Morgan fingerprint density at radius 2 is 1.53 bits per heavy atom. The second-order valence-corrected chi connectivity index (χ2v) is 10.4. The number of piperidine rings is 1. The number of ether oxygens (including phenoxy) is 1. The molecular weight excluding hydrogens is 428 g/mol. The Bertz CT molecular complexity index is 988. The highest BCUT2D eigenvalue weighted by atomic mass is 16.6. The molecule has 3 N–H and O–H groups in total. The summed E-state index contributed by atoms with van der Waals surface area (Å²) < 4.78 is 5.31. The maximum absolute atomic E-state index is 12.8. The highest BCUT2D eigenvalue weighted by molar-refractivity contribution is 6.07. The van der Waals surface area contributed by atoms with Crippen molar-refractivity contribution in [2.75, 3.05) is 35.6 Å². The summed E-state index contributed by atoms with van der Waals surface area (Å²) in [6.45, 7) is 8.99. The second kappa shape index (κ2) is 10.5. The maximum Gasteiger partial charge on any atom is 0.412 e. The standard InChI is InChI=1S/C27H36N4O3/c1-27(2,3)34-26(33)30-24-7-5-4-6-23(24)29-25(32)20-10-12-21(13-11-20)28-22-14-16-31(17-15-22)18-19-8-9-19/h4-7,10-13,19,22,28H,8-9,14-18H2,1-3H3,(H,29,32)(H,30,33). The van der Waals surface area contributed by atoms with Gasteiger partial charge in [-0.05, 0) is 88.8 Å². The van der Waals surface area contributed by atoms with Gasteiger partial charge >= 0.3 is 6.09 Å². The zero-order chi connectivity index (χ0) is 24.1. The summed E-state index contributed by atoms with van der Waals surface area (Å²) >= 11 is 0. The Morgan fingerprint density at radius 1 is 0.912 bits per heavy atom. The zero-order valence-electron chi connectivity index (χ0n) is 20.4. The summed E-state index contributed by atoms with van der Waals surface area (Å²) in [6.07, 6.45) is 4.55. The summed E-state index contributed by atoms with van der Waals surface area (Å²) in [5.41, 5.74) is 1.97. The molecule has 2 aliphatic rings. The molecule has 0 radical (unpaired) electrons. The Labute approximate surface area is 202 Å². The van der Waals surface area contributed by atoms with Gasteiger partial charge in [0.2, 0.25) is 0 Å². The van der Waals surface area contributed by atoms with Crippen LogP contribution in [0.4, 0.5) is 21.9 Å². The molecule has 182 valence electrons. The van der Waals surface area contributed by atoms with E-state index in [9.17, 15) is 9.59 Å². The Morgan fingerprint density at radius 3 is 2.12 bits per heavy atom. The summed E-state index contributed by atoms with van der Waals surface area (Å²) in [5.74, 6) is 0.710. The van der Waals surface area contributed by atoms with E-state index in [1.807, 2.05) is 24.3 Å². The molecule has 1 aliphatic heterocycles. The predicted molar refractivity (Wildman–Crippen MR) is 137 cm³/mol. The molecule has 1 heterocycles. The van der Waals surface area contributed by atoms with Gasteiger partial charge in [0, 0.05) is 36.9 Å². The van der Waals surface area contributed by atoms with Crippen molar-refractivity contribution in [1.29, 1.82) is 0 Å².